The first-order valence-corrected chi connectivity index (χ1v) is 28.8. The van der Waals surface area contributed by atoms with Crippen LogP contribution in [0.15, 0.2) is 105 Å². The van der Waals surface area contributed by atoms with Gasteiger partial charge in [0.2, 0.25) is 17.7 Å². The number of carbonyl (C=O) groups excluding carboxylic acids is 3. The van der Waals surface area contributed by atoms with Gasteiger partial charge in [-0.05, 0) is 125 Å². The van der Waals surface area contributed by atoms with Crippen molar-refractivity contribution >= 4 is 69.7 Å². The topological polar surface area (TPSA) is 238 Å². The molecule has 6 bridgehead atoms. The van der Waals surface area contributed by atoms with Crippen molar-refractivity contribution in [3.05, 3.63) is 160 Å². The molecule has 0 spiro atoms. The van der Waals surface area contributed by atoms with Crippen LogP contribution in [0.5, 0.6) is 0 Å². The molecule has 81 heavy (non-hydrogen) atoms. The van der Waals surface area contributed by atoms with Crippen molar-refractivity contribution in [2.24, 2.45) is 0 Å². The Morgan fingerprint density at radius 2 is 0.667 bits per heavy atom. The maximum Gasteiger partial charge on any atom is 0.273 e. The Kier molecular flexibility index (Phi) is 21.2. The van der Waals surface area contributed by atoms with E-state index in [0.29, 0.717) is 93.1 Å². The molecule has 1 aliphatic heterocycles. The zero-order valence-electron chi connectivity index (χ0n) is 47.9. The largest absolute Gasteiger partial charge is 0.446 e. The third-order valence-corrected chi connectivity index (χ3v) is 14.6. The summed E-state index contributed by atoms with van der Waals surface area (Å²) in [4.78, 5) is 55.8. The Morgan fingerprint density at radius 3 is 0.901 bits per heavy atom. The van der Waals surface area contributed by atoms with Gasteiger partial charge < -0.3 is 61.1 Å². The van der Waals surface area contributed by atoms with E-state index in [2.05, 4.69) is 198 Å². The predicted octanol–water partition coefficient (Wildman–Crippen LogP) is 9.60. The second-order valence-electron chi connectivity index (χ2n) is 23.4. The number of thiocarbonyl (C=S) groups is 3. The van der Waals surface area contributed by atoms with Gasteiger partial charge in [0, 0.05) is 39.3 Å². The molecule has 21 heteroatoms. The third kappa shape index (κ3) is 18.7. The number of rotatable bonds is 18. The highest BCUT2D eigenvalue weighted by atomic mass is 32.1. The second kappa shape index (κ2) is 28.0. The van der Waals surface area contributed by atoms with Crippen LogP contribution < -0.4 is 47.9 Å². The summed E-state index contributed by atoms with van der Waals surface area (Å²) < 4.78 is 17.8. The maximum atomic E-state index is 14.0. The number of nitrogens with one attached hydrogen (secondary N) is 9. The molecular formula is C60H78N12O6S3. The molecule has 3 aromatic heterocycles. The summed E-state index contributed by atoms with van der Waals surface area (Å²) >= 11 is 16.8. The predicted molar refractivity (Wildman–Crippen MR) is 326 cm³/mol. The van der Waals surface area contributed by atoms with Gasteiger partial charge in [-0.25, -0.2) is 15.0 Å². The standard InChI is InChI=1S/C60H78N12O6S3/c1-58(2,3)40-22-16-37(17-23-40)31-64-55(79)61-28-10-13-43-52-70-47(34-76-52)50(74)68-45(15-12-30-63-57(81)66-33-39-20-26-42(27-21-39)60(7,8)9)54-72-48(36-78-54)51(75)69-44(53-71-46(35-77-53)49(73)67-43)14-11-29-62-56(80)65-32-38-18-24-41(25-19-38)59(4,5)6/h16-27,34-36,43-45H,10-15,28-33H2,1-9H3,(H,67,73)(H,68,74)(H,69,75)(H2,61,64,79)(H2,62,65,80)(H2,63,66,81)/t43-,44-,45-/m0/s1. The molecule has 9 N–H and O–H groups in total. The first-order valence-electron chi connectivity index (χ1n) is 27.6. The number of benzene rings is 3. The van der Waals surface area contributed by atoms with Gasteiger partial charge in [-0.2, -0.15) is 0 Å². The highest BCUT2D eigenvalue weighted by Crippen LogP contribution is 2.27. The van der Waals surface area contributed by atoms with Crippen LogP contribution in [-0.2, 0) is 35.9 Å². The summed E-state index contributed by atoms with van der Waals surface area (Å²) in [5.41, 5.74) is 7.07. The molecule has 18 nitrogen and oxygen atoms in total. The molecule has 7 rings (SSSR count). The lowest BCUT2D eigenvalue weighted by molar-refractivity contribution is 0.0916. The van der Waals surface area contributed by atoms with E-state index in [4.69, 9.17) is 49.9 Å². The van der Waals surface area contributed by atoms with Gasteiger partial charge in [-0.3, -0.25) is 14.4 Å². The van der Waals surface area contributed by atoms with Crippen molar-refractivity contribution < 1.29 is 27.6 Å². The zero-order valence-corrected chi connectivity index (χ0v) is 50.3. The van der Waals surface area contributed by atoms with E-state index >= 15 is 0 Å². The number of hydrogen-bond acceptors (Lipinski definition) is 12. The van der Waals surface area contributed by atoms with E-state index in [-0.39, 0.29) is 51.0 Å². The second-order valence-corrected chi connectivity index (χ2v) is 24.6. The molecule has 0 aliphatic carbocycles. The molecule has 0 saturated heterocycles. The van der Waals surface area contributed by atoms with Crippen molar-refractivity contribution in [3.63, 3.8) is 0 Å². The molecule has 0 saturated carbocycles. The van der Waals surface area contributed by atoms with Gasteiger partial charge in [0.1, 0.15) is 36.9 Å². The molecule has 3 atom stereocenters. The van der Waals surface area contributed by atoms with Crippen molar-refractivity contribution in [2.45, 2.75) is 155 Å². The number of amides is 3. The van der Waals surface area contributed by atoms with Crippen LogP contribution in [0.3, 0.4) is 0 Å². The van der Waals surface area contributed by atoms with E-state index < -0.39 is 35.8 Å². The van der Waals surface area contributed by atoms with E-state index in [1.54, 1.807) is 0 Å². The van der Waals surface area contributed by atoms with Gasteiger partial charge in [0.25, 0.3) is 17.7 Å². The lowest BCUT2D eigenvalue weighted by atomic mass is 9.87. The molecule has 6 aromatic rings. The molecule has 432 valence electrons. The molecule has 4 heterocycles. The summed E-state index contributed by atoms with van der Waals surface area (Å²) in [7, 11) is 0. The molecule has 0 fully saturated rings. The Morgan fingerprint density at radius 1 is 0.420 bits per heavy atom. The van der Waals surface area contributed by atoms with Crippen LogP contribution in [0.1, 0.15) is 201 Å². The highest BCUT2D eigenvalue weighted by Gasteiger charge is 2.30. The number of fused-ring (bicyclic) bond motifs is 6. The van der Waals surface area contributed by atoms with Crippen LogP contribution >= 0.6 is 36.7 Å². The molecule has 3 amide bonds. The van der Waals surface area contributed by atoms with Gasteiger partial charge in [0.05, 0.1) is 0 Å². The molecule has 1 aliphatic rings. The lowest BCUT2D eigenvalue weighted by Gasteiger charge is -2.19. The van der Waals surface area contributed by atoms with Crippen LogP contribution in [0.2, 0.25) is 0 Å². The van der Waals surface area contributed by atoms with Crippen molar-refractivity contribution in [3.8, 4) is 0 Å². The first-order chi connectivity index (χ1) is 38.5. The SMILES string of the molecule is CC(C)(C)c1ccc(CNC(=S)NCCC[C@@H]2NC(=O)c3coc(n3)[C@H](CCCNC(=S)NCc3ccc(C(C)(C)C)cc3)NC(=O)c3coc(n3)[C@H](CCCNC(=S)NCc3ccc(C(C)(C)C)cc3)NC(=O)c3coc2n3)cc1. The summed E-state index contributed by atoms with van der Waals surface area (Å²) in [5.74, 6) is -1.44. The zero-order chi connectivity index (χ0) is 58.3. The average molecular weight is 1160 g/mol. The average Bonchev–Trinajstić information content (AvgIpc) is 4.39. The number of carbonyl (C=O) groups is 3. The number of hydrogen-bond donors (Lipinski definition) is 9. The fourth-order valence-corrected chi connectivity index (χ4v) is 9.27. The van der Waals surface area contributed by atoms with Crippen molar-refractivity contribution in [2.75, 3.05) is 19.6 Å². The van der Waals surface area contributed by atoms with Crippen LogP contribution in [0.4, 0.5) is 0 Å². The van der Waals surface area contributed by atoms with Crippen LogP contribution in [-0.4, -0.2) is 67.6 Å². The number of aromatic nitrogens is 3. The minimum absolute atomic E-state index is 0.0403. The van der Waals surface area contributed by atoms with E-state index in [1.165, 1.54) is 35.5 Å². The van der Waals surface area contributed by atoms with E-state index in [1.807, 2.05) is 0 Å². The van der Waals surface area contributed by atoms with E-state index in [0.717, 1.165) is 16.7 Å². The fourth-order valence-electron chi connectivity index (χ4n) is 8.75. The summed E-state index contributed by atoms with van der Waals surface area (Å²) in [6.45, 7) is 22.6. The minimum Gasteiger partial charge on any atom is -0.446 e. The summed E-state index contributed by atoms with van der Waals surface area (Å²) in [5, 5.41) is 29.9. The van der Waals surface area contributed by atoms with Gasteiger partial charge in [0.15, 0.2) is 32.4 Å². The molecular weight excluding hydrogens is 1080 g/mol. The number of oxazole rings is 3. The van der Waals surface area contributed by atoms with Crippen LogP contribution in [0, 0.1) is 0 Å². The van der Waals surface area contributed by atoms with Crippen molar-refractivity contribution in [1.82, 2.24) is 62.8 Å². The molecule has 0 unspecified atom stereocenters. The minimum atomic E-state index is -0.805. The summed E-state index contributed by atoms with van der Waals surface area (Å²) in [6.07, 6.45) is 6.25. The van der Waals surface area contributed by atoms with Gasteiger partial charge >= 0.3 is 0 Å². The van der Waals surface area contributed by atoms with Gasteiger partial charge in [-0.1, -0.05) is 135 Å². The molecule has 3 aromatic carbocycles. The third-order valence-electron chi connectivity index (χ3n) is 13.8. The molecule has 0 radical (unpaired) electrons. The fraction of sp³-hybridized carbons (Fsp3) is 0.450. The number of nitrogens with zero attached hydrogens (tertiary/aromatic N) is 3. The smallest absolute Gasteiger partial charge is 0.273 e. The monoisotopic (exact) mass is 1160 g/mol. The quantitative estimate of drug-likeness (QED) is 0.0288. The van der Waals surface area contributed by atoms with Crippen LogP contribution in [0.25, 0.3) is 0 Å². The summed E-state index contributed by atoms with van der Waals surface area (Å²) in [6, 6.07) is 22.9. The Bertz CT molecular complexity index is 2750. The van der Waals surface area contributed by atoms with Gasteiger partial charge in [-0.15, -0.1) is 0 Å². The Labute approximate surface area is 491 Å². The van der Waals surface area contributed by atoms with E-state index in [9.17, 15) is 14.4 Å². The highest BCUT2D eigenvalue weighted by molar-refractivity contribution is 7.80. The lowest BCUT2D eigenvalue weighted by Crippen LogP contribution is -2.36. The Hall–Kier alpha value is -7.23. The first kappa shape index (κ1) is 61.4. The maximum absolute atomic E-state index is 14.0. The van der Waals surface area contributed by atoms with Crippen molar-refractivity contribution in [1.29, 1.82) is 0 Å². The Balaban J connectivity index is 1.03. The normalized spacial score (nSPS) is 16.0.